The van der Waals surface area contributed by atoms with E-state index in [9.17, 15) is 19.2 Å². The Hall–Kier alpha value is -3.28. The predicted molar refractivity (Wildman–Crippen MR) is 140 cm³/mol. The van der Waals surface area contributed by atoms with Crippen LogP contribution in [0.1, 0.15) is 86.8 Å². The van der Waals surface area contributed by atoms with Crippen LogP contribution in [0.5, 0.6) is 11.5 Å². The molecule has 2 aromatic carbocycles. The first-order valence-electron chi connectivity index (χ1n) is 12.2. The summed E-state index contributed by atoms with van der Waals surface area (Å²) in [5, 5.41) is 0. The number of hydrogen-bond donors (Lipinski definition) is 0. The maximum absolute atomic E-state index is 12.7. The van der Waals surface area contributed by atoms with Gasteiger partial charge in [-0.25, -0.2) is 0 Å². The molecule has 0 spiro atoms. The van der Waals surface area contributed by atoms with E-state index >= 15 is 0 Å². The zero-order valence-electron chi connectivity index (χ0n) is 22.7. The molecule has 0 aromatic heterocycles. The van der Waals surface area contributed by atoms with E-state index in [0.717, 1.165) is 46.0 Å². The van der Waals surface area contributed by atoms with Crippen LogP contribution in [-0.2, 0) is 30.0 Å². The van der Waals surface area contributed by atoms with E-state index in [2.05, 4.69) is 0 Å². The smallest absolute Gasteiger partial charge is 0.311 e. The lowest BCUT2D eigenvalue weighted by molar-refractivity contribution is -0.140. The van der Waals surface area contributed by atoms with Gasteiger partial charge in [0.1, 0.15) is 24.1 Å². The number of rotatable bonds is 11. The van der Waals surface area contributed by atoms with Gasteiger partial charge in [-0.15, -0.1) is 0 Å². The van der Waals surface area contributed by atoms with Crippen molar-refractivity contribution < 1.29 is 28.7 Å². The molecule has 0 atom stereocenters. The second-order valence-corrected chi connectivity index (χ2v) is 10.9. The van der Waals surface area contributed by atoms with Crippen molar-refractivity contribution in [2.45, 2.75) is 91.9 Å². The highest BCUT2D eigenvalue weighted by Crippen LogP contribution is 2.39. The lowest BCUT2D eigenvalue weighted by Gasteiger charge is -2.28. The lowest BCUT2D eigenvalue weighted by atomic mass is 9.78. The van der Waals surface area contributed by atoms with Crippen LogP contribution in [0.25, 0.3) is 0 Å². The Balaban J connectivity index is 2.19. The fraction of sp³-hybridized carbons (Fsp3) is 0.467. The van der Waals surface area contributed by atoms with Crippen molar-refractivity contribution in [3.8, 4) is 11.5 Å². The van der Waals surface area contributed by atoms with Gasteiger partial charge in [-0.05, 0) is 62.1 Å². The second kappa shape index (κ2) is 11.6. The van der Waals surface area contributed by atoms with Gasteiger partial charge in [0.05, 0.1) is 12.8 Å². The Kier molecular flexibility index (Phi) is 9.36. The standard InChI is InChI=1S/C30H38O6/c1-19-15-21(3)27(29(5,6)11-13-31)23(17-19)35-25(33)9-10-26(34)36-24-18-20(2)16-22(4)28(24)30(7,8)12-14-32/h13-18H,9-12H2,1-8H3. The Bertz CT molecular complexity index is 1070. The third-order valence-corrected chi connectivity index (χ3v) is 6.41. The van der Waals surface area contributed by atoms with Crippen molar-refractivity contribution in [3.63, 3.8) is 0 Å². The van der Waals surface area contributed by atoms with Crippen molar-refractivity contribution in [2.75, 3.05) is 0 Å². The lowest BCUT2D eigenvalue weighted by Crippen LogP contribution is -2.23. The van der Waals surface area contributed by atoms with Crippen LogP contribution in [0.4, 0.5) is 0 Å². The molecule has 0 saturated heterocycles. The monoisotopic (exact) mass is 494 g/mol. The number of aryl methyl sites for hydroxylation is 4. The quantitative estimate of drug-likeness (QED) is 0.218. The largest absolute Gasteiger partial charge is 0.426 e. The molecule has 2 rings (SSSR count). The predicted octanol–water partition coefficient (Wildman–Crippen LogP) is 5.94. The topological polar surface area (TPSA) is 86.7 Å². The molecule has 0 radical (unpaired) electrons. The van der Waals surface area contributed by atoms with Crippen LogP contribution < -0.4 is 9.47 Å². The Morgan fingerprint density at radius 1 is 0.667 bits per heavy atom. The first-order valence-corrected chi connectivity index (χ1v) is 12.2. The minimum absolute atomic E-state index is 0.156. The van der Waals surface area contributed by atoms with Gasteiger partial charge in [0.2, 0.25) is 0 Å². The van der Waals surface area contributed by atoms with Gasteiger partial charge in [-0.1, -0.05) is 39.8 Å². The Labute approximate surface area is 214 Å². The van der Waals surface area contributed by atoms with E-state index in [4.69, 9.17) is 9.47 Å². The first kappa shape index (κ1) is 29.0. The van der Waals surface area contributed by atoms with E-state index in [1.165, 1.54) is 0 Å². The average molecular weight is 495 g/mol. The van der Waals surface area contributed by atoms with Crippen LogP contribution in [-0.4, -0.2) is 24.5 Å². The summed E-state index contributed by atoms with van der Waals surface area (Å²) in [7, 11) is 0. The van der Waals surface area contributed by atoms with Crippen LogP contribution in [0.15, 0.2) is 24.3 Å². The van der Waals surface area contributed by atoms with Gasteiger partial charge >= 0.3 is 11.9 Å². The molecular formula is C30H38O6. The van der Waals surface area contributed by atoms with Crippen molar-refractivity contribution in [3.05, 3.63) is 57.6 Å². The van der Waals surface area contributed by atoms with Crippen molar-refractivity contribution in [2.24, 2.45) is 0 Å². The molecule has 6 heteroatoms. The molecule has 6 nitrogen and oxygen atoms in total. The van der Waals surface area contributed by atoms with Crippen LogP contribution in [0, 0.1) is 27.7 Å². The summed E-state index contributed by atoms with van der Waals surface area (Å²) >= 11 is 0. The molecule has 2 aromatic rings. The highest BCUT2D eigenvalue weighted by Gasteiger charge is 2.29. The number of aldehydes is 2. The van der Waals surface area contributed by atoms with E-state index in [1.807, 2.05) is 67.5 Å². The minimum atomic E-state index is -0.554. The summed E-state index contributed by atoms with van der Waals surface area (Å²) in [6.07, 6.45) is 1.98. The summed E-state index contributed by atoms with van der Waals surface area (Å²) < 4.78 is 11.4. The molecule has 0 fully saturated rings. The maximum Gasteiger partial charge on any atom is 0.311 e. The summed E-state index contributed by atoms with van der Waals surface area (Å²) in [5.74, 6) is -0.293. The van der Waals surface area contributed by atoms with Crippen molar-refractivity contribution in [1.82, 2.24) is 0 Å². The van der Waals surface area contributed by atoms with Gasteiger partial charge in [0.25, 0.3) is 0 Å². The van der Waals surface area contributed by atoms with E-state index in [1.54, 1.807) is 12.1 Å². The van der Waals surface area contributed by atoms with Crippen LogP contribution in [0.2, 0.25) is 0 Å². The van der Waals surface area contributed by atoms with Gasteiger partial charge in [0.15, 0.2) is 0 Å². The number of esters is 2. The number of carbonyl (C=O) groups excluding carboxylic acids is 4. The molecule has 0 saturated carbocycles. The Morgan fingerprint density at radius 3 is 1.31 bits per heavy atom. The third-order valence-electron chi connectivity index (χ3n) is 6.41. The molecule has 0 aliphatic carbocycles. The molecule has 0 amide bonds. The fourth-order valence-corrected chi connectivity index (χ4v) is 4.93. The summed E-state index contributed by atoms with van der Waals surface area (Å²) in [6, 6.07) is 7.54. The zero-order valence-corrected chi connectivity index (χ0v) is 22.7. The molecule has 0 heterocycles. The molecule has 194 valence electrons. The first-order chi connectivity index (χ1) is 16.7. The van der Waals surface area contributed by atoms with Crippen LogP contribution >= 0.6 is 0 Å². The highest BCUT2D eigenvalue weighted by molar-refractivity contribution is 5.81. The summed E-state index contributed by atoms with van der Waals surface area (Å²) in [4.78, 5) is 47.9. The summed E-state index contributed by atoms with van der Waals surface area (Å²) in [5.41, 5.74) is 4.31. The van der Waals surface area contributed by atoms with Crippen molar-refractivity contribution >= 4 is 24.5 Å². The molecule has 36 heavy (non-hydrogen) atoms. The molecule has 0 bridgehead atoms. The number of hydrogen-bond acceptors (Lipinski definition) is 6. The van der Waals surface area contributed by atoms with Gasteiger partial charge < -0.3 is 19.1 Å². The van der Waals surface area contributed by atoms with Crippen LogP contribution in [0.3, 0.4) is 0 Å². The molecule has 0 unspecified atom stereocenters. The van der Waals surface area contributed by atoms with E-state index < -0.39 is 22.8 Å². The highest BCUT2D eigenvalue weighted by atomic mass is 16.5. The van der Waals surface area contributed by atoms with Gasteiger partial charge in [0, 0.05) is 34.8 Å². The maximum atomic E-state index is 12.7. The van der Waals surface area contributed by atoms with Gasteiger partial charge in [-0.3, -0.25) is 9.59 Å². The molecule has 0 aliphatic heterocycles. The number of carbonyl (C=O) groups is 4. The van der Waals surface area contributed by atoms with E-state index in [-0.39, 0.29) is 25.7 Å². The summed E-state index contributed by atoms with van der Waals surface area (Å²) in [6.45, 7) is 15.4. The van der Waals surface area contributed by atoms with Gasteiger partial charge in [-0.2, -0.15) is 0 Å². The molecule has 0 N–H and O–H groups in total. The fourth-order valence-electron chi connectivity index (χ4n) is 4.93. The van der Waals surface area contributed by atoms with E-state index in [0.29, 0.717) is 11.5 Å². The minimum Gasteiger partial charge on any atom is -0.426 e. The number of ether oxygens (including phenoxy) is 2. The van der Waals surface area contributed by atoms with Crippen molar-refractivity contribution in [1.29, 1.82) is 0 Å². The second-order valence-electron chi connectivity index (χ2n) is 10.9. The third kappa shape index (κ3) is 7.12. The Morgan fingerprint density at radius 2 is 1.00 bits per heavy atom. The zero-order chi connectivity index (χ0) is 27.3. The SMILES string of the molecule is Cc1cc(C)c(C(C)(C)CC=O)c(OC(=O)CCC(=O)Oc2cc(C)cc(C)c2C(C)(C)CC=O)c1. The number of benzene rings is 2. The molecule has 0 aliphatic rings. The molecular weight excluding hydrogens is 456 g/mol. The average Bonchev–Trinajstić information content (AvgIpc) is 2.70. The normalized spacial score (nSPS) is 11.7.